The van der Waals surface area contributed by atoms with Crippen molar-refractivity contribution < 1.29 is 28.6 Å². The molecule has 392 valence electrons. The Bertz CT molecular complexity index is 1130. The second-order valence-corrected chi connectivity index (χ2v) is 19.9. The summed E-state index contributed by atoms with van der Waals surface area (Å²) in [5.41, 5.74) is 0. The van der Waals surface area contributed by atoms with Crippen LogP contribution in [-0.4, -0.2) is 37.2 Å². The van der Waals surface area contributed by atoms with Crippen molar-refractivity contribution in [3.05, 3.63) is 36.5 Å². The van der Waals surface area contributed by atoms with Gasteiger partial charge in [-0.05, 0) is 77.0 Å². The lowest BCUT2D eigenvalue weighted by atomic mass is 10.0. The fourth-order valence-electron chi connectivity index (χ4n) is 8.65. The van der Waals surface area contributed by atoms with E-state index in [9.17, 15) is 14.4 Å². The van der Waals surface area contributed by atoms with Gasteiger partial charge in [-0.2, -0.15) is 0 Å². The number of carbonyl (C=O) groups excluding carboxylic acids is 3. The number of ether oxygens (including phenoxy) is 3. The minimum Gasteiger partial charge on any atom is -0.462 e. The lowest BCUT2D eigenvalue weighted by Gasteiger charge is -2.18. The molecule has 0 aliphatic carbocycles. The van der Waals surface area contributed by atoms with Crippen LogP contribution in [0.2, 0.25) is 0 Å². The molecule has 0 N–H and O–H groups in total. The monoisotopic (exact) mass is 941 g/mol. The molecule has 67 heavy (non-hydrogen) atoms. The molecule has 0 aromatic carbocycles. The maximum Gasteiger partial charge on any atom is 0.306 e. The van der Waals surface area contributed by atoms with Crippen molar-refractivity contribution >= 4 is 17.9 Å². The standard InChI is InChI=1S/C61H112O6/c1-4-7-10-13-16-18-20-22-24-26-28-29-30-31-33-34-36-38-40-42-45-48-51-54-60(63)66-57-58(56-65-59(62)53-50-47-44-15-12-9-6-3)67-61(64)55-52-49-46-43-41-39-37-35-32-27-25-23-21-19-17-14-11-8-5-2/h17,19,23,25-26,28,58H,4-16,18,20-22,24,27,29-57H2,1-3H3/b19-17-,25-23-,28-26-. The van der Waals surface area contributed by atoms with Gasteiger partial charge >= 0.3 is 17.9 Å². The zero-order chi connectivity index (χ0) is 48.6. The smallest absolute Gasteiger partial charge is 0.306 e. The molecule has 0 amide bonds. The van der Waals surface area contributed by atoms with Crippen LogP contribution < -0.4 is 0 Å². The Balaban J connectivity index is 4.14. The third kappa shape index (κ3) is 54.4. The Hall–Kier alpha value is -2.37. The summed E-state index contributed by atoms with van der Waals surface area (Å²) in [7, 11) is 0. The van der Waals surface area contributed by atoms with Crippen molar-refractivity contribution in [3.8, 4) is 0 Å². The first-order valence-electron chi connectivity index (χ1n) is 29.5. The summed E-state index contributed by atoms with van der Waals surface area (Å²) in [6.45, 7) is 6.61. The van der Waals surface area contributed by atoms with Gasteiger partial charge in [0.15, 0.2) is 6.10 Å². The molecule has 0 bridgehead atoms. The van der Waals surface area contributed by atoms with E-state index in [1.165, 1.54) is 212 Å². The molecule has 0 fully saturated rings. The molecule has 0 aliphatic heterocycles. The lowest BCUT2D eigenvalue weighted by Crippen LogP contribution is -2.30. The number of esters is 3. The van der Waals surface area contributed by atoms with Crippen molar-refractivity contribution in [1.29, 1.82) is 0 Å². The molecule has 1 atom stereocenters. The summed E-state index contributed by atoms with van der Waals surface area (Å²) in [4.78, 5) is 38.0. The van der Waals surface area contributed by atoms with Gasteiger partial charge in [-0.15, -0.1) is 0 Å². The van der Waals surface area contributed by atoms with Crippen molar-refractivity contribution in [2.45, 2.75) is 322 Å². The van der Waals surface area contributed by atoms with Crippen LogP contribution in [0.25, 0.3) is 0 Å². The Labute approximate surface area is 416 Å². The minimum absolute atomic E-state index is 0.0713. The molecule has 0 aliphatic rings. The van der Waals surface area contributed by atoms with Crippen LogP contribution >= 0.6 is 0 Å². The van der Waals surface area contributed by atoms with Crippen molar-refractivity contribution in [1.82, 2.24) is 0 Å². The van der Waals surface area contributed by atoms with Crippen molar-refractivity contribution in [3.63, 3.8) is 0 Å². The Morgan fingerprint density at radius 2 is 0.537 bits per heavy atom. The van der Waals surface area contributed by atoms with Gasteiger partial charge in [0.2, 0.25) is 0 Å². The number of hydrogen-bond acceptors (Lipinski definition) is 6. The second kappa shape index (κ2) is 56.2. The number of allylic oxidation sites excluding steroid dienone is 6. The predicted octanol–water partition coefficient (Wildman–Crippen LogP) is 19.7. The van der Waals surface area contributed by atoms with Gasteiger partial charge in [0.05, 0.1) is 0 Å². The van der Waals surface area contributed by atoms with Crippen LogP contribution in [0.5, 0.6) is 0 Å². The topological polar surface area (TPSA) is 78.9 Å². The summed E-state index contributed by atoms with van der Waals surface area (Å²) >= 11 is 0. The van der Waals surface area contributed by atoms with Gasteiger partial charge in [0.25, 0.3) is 0 Å². The van der Waals surface area contributed by atoms with Crippen molar-refractivity contribution in [2.24, 2.45) is 0 Å². The lowest BCUT2D eigenvalue weighted by molar-refractivity contribution is -0.167. The van der Waals surface area contributed by atoms with E-state index in [2.05, 4.69) is 57.2 Å². The maximum absolute atomic E-state index is 12.8. The molecule has 0 heterocycles. The van der Waals surface area contributed by atoms with Gasteiger partial charge in [-0.25, -0.2) is 0 Å². The third-order valence-corrected chi connectivity index (χ3v) is 13.1. The van der Waals surface area contributed by atoms with E-state index in [-0.39, 0.29) is 31.1 Å². The summed E-state index contributed by atoms with van der Waals surface area (Å²) in [6.07, 6.45) is 67.3. The van der Waals surface area contributed by atoms with Crippen LogP contribution in [0.15, 0.2) is 36.5 Å². The first-order valence-corrected chi connectivity index (χ1v) is 29.5. The molecule has 0 rings (SSSR count). The molecule has 0 aromatic rings. The molecule has 0 aromatic heterocycles. The quantitative estimate of drug-likeness (QED) is 0.0262. The highest BCUT2D eigenvalue weighted by Gasteiger charge is 2.19. The highest BCUT2D eigenvalue weighted by molar-refractivity contribution is 5.71. The highest BCUT2D eigenvalue weighted by atomic mass is 16.6. The Kier molecular flexibility index (Phi) is 54.2. The first kappa shape index (κ1) is 64.6. The van der Waals surface area contributed by atoms with Crippen LogP contribution in [0.3, 0.4) is 0 Å². The first-order chi connectivity index (χ1) is 33.0. The third-order valence-electron chi connectivity index (χ3n) is 13.1. The average molecular weight is 942 g/mol. The number of unbranched alkanes of at least 4 members (excludes halogenated alkanes) is 37. The normalized spacial score (nSPS) is 12.2. The number of carbonyl (C=O) groups is 3. The van der Waals surface area contributed by atoms with E-state index in [1.54, 1.807) is 0 Å². The van der Waals surface area contributed by atoms with E-state index in [0.717, 1.165) is 64.2 Å². The van der Waals surface area contributed by atoms with Gasteiger partial charge in [0.1, 0.15) is 13.2 Å². The van der Waals surface area contributed by atoms with Crippen LogP contribution in [0.1, 0.15) is 316 Å². The molecule has 0 saturated heterocycles. The van der Waals surface area contributed by atoms with Crippen molar-refractivity contribution in [2.75, 3.05) is 13.2 Å². The van der Waals surface area contributed by atoms with Gasteiger partial charge in [-0.3, -0.25) is 14.4 Å². The average Bonchev–Trinajstić information content (AvgIpc) is 3.33. The fraction of sp³-hybridized carbons (Fsp3) is 0.852. The minimum atomic E-state index is -0.770. The second-order valence-electron chi connectivity index (χ2n) is 19.9. The summed E-state index contributed by atoms with van der Waals surface area (Å²) in [5, 5.41) is 0. The Morgan fingerprint density at radius 1 is 0.299 bits per heavy atom. The SMILES string of the molecule is CCCCC/C=C\C/C=C\CCCCCCCCCCCC(=O)OC(COC(=O)CCCCCCCCC)COC(=O)CCCCCCCCCCCCC/C=C\CCCCCCCCCC. The molecule has 0 saturated carbocycles. The number of rotatable bonds is 54. The molecular weight excluding hydrogens is 829 g/mol. The van der Waals surface area contributed by atoms with Gasteiger partial charge < -0.3 is 14.2 Å². The fourth-order valence-corrected chi connectivity index (χ4v) is 8.65. The molecular formula is C61H112O6. The predicted molar refractivity (Wildman–Crippen MR) is 289 cm³/mol. The largest absolute Gasteiger partial charge is 0.462 e. The van der Waals surface area contributed by atoms with Gasteiger partial charge in [0, 0.05) is 19.3 Å². The van der Waals surface area contributed by atoms with Gasteiger partial charge in [-0.1, -0.05) is 256 Å². The van der Waals surface area contributed by atoms with E-state index < -0.39 is 6.10 Å². The molecule has 0 radical (unpaired) electrons. The van der Waals surface area contributed by atoms with E-state index in [1.807, 2.05) is 0 Å². The molecule has 6 nitrogen and oxygen atoms in total. The molecule has 1 unspecified atom stereocenters. The van der Waals surface area contributed by atoms with E-state index in [4.69, 9.17) is 14.2 Å². The van der Waals surface area contributed by atoms with Crippen LogP contribution in [0, 0.1) is 0 Å². The van der Waals surface area contributed by atoms with E-state index >= 15 is 0 Å². The summed E-state index contributed by atoms with van der Waals surface area (Å²) < 4.78 is 16.8. The zero-order valence-electron chi connectivity index (χ0n) is 44.9. The molecule has 0 spiro atoms. The molecule has 6 heteroatoms. The maximum atomic E-state index is 12.8. The highest BCUT2D eigenvalue weighted by Crippen LogP contribution is 2.16. The summed E-state index contributed by atoms with van der Waals surface area (Å²) in [5.74, 6) is -0.867. The number of hydrogen-bond donors (Lipinski definition) is 0. The zero-order valence-corrected chi connectivity index (χ0v) is 44.9. The summed E-state index contributed by atoms with van der Waals surface area (Å²) in [6, 6.07) is 0. The van der Waals surface area contributed by atoms with E-state index in [0.29, 0.717) is 19.3 Å². The Morgan fingerprint density at radius 3 is 0.866 bits per heavy atom. The van der Waals surface area contributed by atoms with Crippen LogP contribution in [-0.2, 0) is 28.6 Å². The van der Waals surface area contributed by atoms with Crippen LogP contribution in [0.4, 0.5) is 0 Å².